The van der Waals surface area contributed by atoms with Gasteiger partial charge in [-0.15, -0.1) is 0 Å². The molecule has 4 nitrogen and oxygen atoms in total. The van der Waals surface area contributed by atoms with Crippen molar-refractivity contribution in [3.8, 4) is 0 Å². The highest BCUT2D eigenvalue weighted by Gasteiger charge is 2.31. The Balaban J connectivity index is 2.53. The molecule has 1 fully saturated rings. The van der Waals surface area contributed by atoms with Gasteiger partial charge in [0.25, 0.3) is 0 Å². The van der Waals surface area contributed by atoms with Crippen LogP contribution in [0.25, 0.3) is 0 Å². The smallest absolute Gasteiger partial charge is 0.0327 e. The molecule has 0 aliphatic carbocycles. The van der Waals surface area contributed by atoms with Crippen molar-refractivity contribution in [3.63, 3.8) is 0 Å². The van der Waals surface area contributed by atoms with Gasteiger partial charge >= 0.3 is 0 Å². The number of nitrogens with two attached hydrogens (primary N) is 1. The molecule has 0 aromatic heterocycles. The molecule has 4 heteroatoms. The second-order valence-corrected chi connectivity index (χ2v) is 6.27. The molecule has 1 rings (SSSR count). The molecule has 0 radical (unpaired) electrons. The van der Waals surface area contributed by atoms with Crippen molar-refractivity contribution in [1.82, 2.24) is 14.7 Å². The zero-order valence-corrected chi connectivity index (χ0v) is 14.2. The van der Waals surface area contributed by atoms with Crippen LogP contribution >= 0.6 is 0 Å². The molecule has 2 N–H and O–H groups in total. The maximum Gasteiger partial charge on any atom is 0.0327 e. The summed E-state index contributed by atoms with van der Waals surface area (Å²) in [5.74, 6) is 0. The van der Waals surface area contributed by atoms with Crippen molar-refractivity contribution in [2.24, 2.45) is 5.73 Å². The fourth-order valence-corrected chi connectivity index (χ4v) is 3.30. The van der Waals surface area contributed by atoms with Gasteiger partial charge in [-0.1, -0.05) is 20.8 Å². The summed E-state index contributed by atoms with van der Waals surface area (Å²) in [6.45, 7) is 16.0. The van der Waals surface area contributed by atoms with Crippen LogP contribution in [-0.4, -0.2) is 79.6 Å². The minimum absolute atomic E-state index is 0.211. The second-order valence-electron chi connectivity index (χ2n) is 6.27. The third-order valence-corrected chi connectivity index (χ3v) is 5.14. The zero-order valence-electron chi connectivity index (χ0n) is 14.2. The summed E-state index contributed by atoms with van der Waals surface area (Å²) in [5, 5.41) is 0. The van der Waals surface area contributed by atoms with Gasteiger partial charge in [-0.05, 0) is 32.9 Å². The molecule has 0 aromatic rings. The van der Waals surface area contributed by atoms with Crippen molar-refractivity contribution in [2.45, 2.75) is 45.6 Å². The van der Waals surface area contributed by atoms with Crippen LogP contribution in [0.5, 0.6) is 0 Å². The topological polar surface area (TPSA) is 35.7 Å². The Morgan fingerprint density at radius 1 is 1.00 bits per heavy atom. The lowest BCUT2D eigenvalue weighted by atomic mass is 9.90. The summed E-state index contributed by atoms with van der Waals surface area (Å²) in [5.41, 5.74) is 6.34. The predicted molar refractivity (Wildman–Crippen MR) is 88.2 cm³/mol. The fraction of sp³-hybridized carbons (Fsp3) is 1.00. The van der Waals surface area contributed by atoms with E-state index in [-0.39, 0.29) is 5.54 Å². The third kappa shape index (κ3) is 4.69. The van der Waals surface area contributed by atoms with Crippen LogP contribution in [0.3, 0.4) is 0 Å². The SMILES string of the molecule is CCCN(CCN1CCN(C)CC1)C(CC)(CC)CN. The molecule has 0 atom stereocenters. The first kappa shape index (κ1) is 17.9. The molecule has 0 amide bonds. The van der Waals surface area contributed by atoms with Crippen LogP contribution in [0, 0.1) is 0 Å². The van der Waals surface area contributed by atoms with Gasteiger partial charge in [-0.2, -0.15) is 0 Å². The highest BCUT2D eigenvalue weighted by Crippen LogP contribution is 2.23. The first-order valence-corrected chi connectivity index (χ1v) is 8.47. The van der Waals surface area contributed by atoms with Crippen molar-refractivity contribution in [2.75, 3.05) is 59.4 Å². The van der Waals surface area contributed by atoms with Gasteiger partial charge in [0.2, 0.25) is 0 Å². The fourth-order valence-electron chi connectivity index (χ4n) is 3.30. The molecule has 1 heterocycles. The van der Waals surface area contributed by atoms with E-state index in [0.29, 0.717) is 0 Å². The molecule has 20 heavy (non-hydrogen) atoms. The number of hydrogen-bond acceptors (Lipinski definition) is 4. The minimum atomic E-state index is 0.211. The summed E-state index contributed by atoms with van der Waals surface area (Å²) in [7, 11) is 2.22. The Kier molecular flexibility index (Phi) is 8.03. The van der Waals surface area contributed by atoms with Gasteiger partial charge in [0.05, 0.1) is 0 Å². The van der Waals surface area contributed by atoms with Crippen molar-refractivity contribution in [1.29, 1.82) is 0 Å². The number of piperazine rings is 1. The lowest BCUT2D eigenvalue weighted by Crippen LogP contribution is -2.56. The normalized spacial score (nSPS) is 18.9. The monoisotopic (exact) mass is 284 g/mol. The molecule has 120 valence electrons. The largest absolute Gasteiger partial charge is 0.329 e. The second kappa shape index (κ2) is 8.98. The maximum absolute atomic E-state index is 6.12. The van der Waals surface area contributed by atoms with Gasteiger partial charge in [0, 0.05) is 51.4 Å². The zero-order chi connectivity index (χ0) is 15.0. The van der Waals surface area contributed by atoms with Crippen LogP contribution in [0.1, 0.15) is 40.0 Å². The summed E-state index contributed by atoms with van der Waals surface area (Å²) in [6.07, 6.45) is 3.52. The van der Waals surface area contributed by atoms with Crippen LogP contribution < -0.4 is 5.73 Å². The van der Waals surface area contributed by atoms with E-state index in [0.717, 1.165) is 25.9 Å². The van der Waals surface area contributed by atoms with E-state index in [9.17, 15) is 0 Å². The number of nitrogens with zero attached hydrogens (tertiary/aromatic N) is 3. The van der Waals surface area contributed by atoms with Crippen molar-refractivity contribution < 1.29 is 0 Å². The van der Waals surface area contributed by atoms with E-state index in [2.05, 4.69) is 42.5 Å². The van der Waals surface area contributed by atoms with E-state index in [1.807, 2.05) is 0 Å². The highest BCUT2D eigenvalue weighted by molar-refractivity contribution is 4.90. The Bertz CT molecular complexity index is 237. The molecular formula is C16H36N4. The van der Waals surface area contributed by atoms with Crippen LogP contribution in [0.15, 0.2) is 0 Å². The average molecular weight is 284 g/mol. The molecule has 0 saturated carbocycles. The Labute approximate surface area is 126 Å². The highest BCUT2D eigenvalue weighted by atomic mass is 15.3. The van der Waals surface area contributed by atoms with Crippen LogP contribution in [0.4, 0.5) is 0 Å². The van der Waals surface area contributed by atoms with Crippen LogP contribution in [-0.2, 0) is 0 Å². The number of rotatable bonds is 9. The summed E-state index contributed by atoms with van der Waals surface area (Å²) >= 11 is 0. The van der Waals surface area contributed by atoms with E-state index < -0.39 is 0 Å². The van der Waals surface area contributed by atoms with Crippen LogP contribution in [0.2, 0.25) is 0 Å². The minimum Gasteiger partial charge on any atom is -0.329 e. The first-order valence-electron chi connectivity index (χ1n) is 8.47. The molecule has 0 aromatic carbocycles. The molecule has 0 spiro atoms. The van der Waals surface area contributed by atoms with Gasteiger partial charge < -0.3 is 10.6 Å². The Morgan fingerprint density at radius 2 is 1.60 bits per heavy atom. The van der Waals surface area contributed by atoms with E-state index in [1.165, 1.54) is 45.7 Å². The predicted octanol–water partition coefficient (Wildman–Crippen LogP) is 1.46. The Hall–Kier alpha value is -0.160. The third-order valence-electron chi connectivity index (χ3n) is 5.14. The van der Waals surface area contributed by atoms with Gasteiger partial charge in [-0.25, -0.2) is 0 Å². The standard InChI is InChI=1S/C16H36N4/c1-5-8-20(16(6-2,7-3)15-17)14-13-19-11-9-18(4)10-12-19/h5-15,17H2,1-4H3. The molecule has 0 unspecified atom stereocenters. The summed E-state index contributed by atoms with van der Waals surface area (Å²) in [6, 6.07) is 0. The van der Waals surface area contributed by atoms with Crippen molar-refractivity contribution in [3.05, 3.63) is 0 Å². The molecule has 0 bridgehead atoms. The first-order chi connectivity index (χ1) is 9.61. The average Bonchev–Trinajstić information content (AvgIpc) is 2.48. The summed E-state index contributed by atoms with van der Waals surface area (Å²) in [4.78, 5) is 7.68. The Morgan fingerprint density at radius 3 is 2.05 bits per heavy atom. The van der Waals surface area contributed by atoms with E-state index in [4.69, 9.17) is 5.73 Å². The quantitative estimate of drug-likeness (QED) is 0.695. The maximum atomic E-state index is 6.12. The molecular weight excluding hydrogens is 248 g/mol. The van der Waals surface area contributed by atoms with Gasteiger partial charge in [0.15, 0.2) is 0 Å². The molecule has 1 aliphatic heterocycles. The molecule has 1 aliphatic rings. The van der Waals surface area contributed by atoms with Gasteiger partial charge in [-0.3, -0.25) is 9.80 Å². The lowest BCUT2D eigenvalue weighted by Gasteiger charge is -2.44. The van der Waals surface area contributed by atoms with Gasteiger partial charge in [0.1, 0.15) is 0 Å². The summed E-state index contributed by atoms with van der Waals surface area (Å²) < 4.78 is 0. The van der Waals surface area contributed by atoms with E-state index >= 15 is 0 Å². The molecule has 1 saturated heterocycles. The number of hydrogen-bond donors (Lipinski definition) is 1. The number of likely N-dealkylation sites (N-methyl/N-ethyl adjacent to an activating group) is 1. The lowest BCUT2D eigenvalue weighted by molar-refractivity contribution is 0.0621. The van der Waals surface area contributed by atoms with E-state index in [1.54, 1.807) is 0 Å². The van der Waals surface area contributed by atoms with Crippen molar-refractivity contribution >= 4 is 0 Å².